The molecule has 1 aliphatic heterocycles. The number of amides is 1. The molecular weight excluding hydrogens is 400 g/mol. The number of unbranched alkanes of at least 4 members (excludes halogenated alkanes) is 1. The molecule has 2 aromatic rings. The molecule has 1 fully saturated rings. The Morgan fingerprint density at radius 2 is 1.73 bits per heavy atom. The minimum absolute atomic E-state index is 0.221. The molecule has 162 valence electrons. The van der Waals surface area contributed by atoms with Gasteiger partial charge in [0.05, 0.1) is 5.92 Å². The van der Waals surface area contributed by atoms with Crippen molar-refractivity contribution in [3.63, 3.8) is 0 Å². The highest BCUT2D eigenvalue weighted by atomic mass is 32.2. The SMILES string of the molecule is CCCCc1ccc(NC(=O)C2CNNC2S(=O)(=O)Nc2cc(C)cc(C)c2)cc1. The monoisotopic (exact) mass is 430 g/mol. The van der Waals surface area contributed by atoms with Crippen LogP contribution in [0.15, 0.2) is 42.5 Å². The summed E-state index contributed by atoms with van der Waals surface area (Å²) in [5, 5.41) is 1.76. The minimum Gasteiger partial charge on any atom is -0.326 e. The summed E-state index contributed by atoms with van der Waals surface area (Å²) in [6.45, 7) is 6.18. The first kappa shape index (κ1) is 22.3. The summed E-state index contributed by atoms with van der Waals surface area (Å²) in [4.78, 5) is 12.8. The second-order valence-electron chi connectivity index (χ2n) is 7.87. The van der Waals surface area contributed by atoms with Crippen LogP contribution >= 0.6 is 0 Å². The lowest BCUT2D eigenvalue weighted by atomic mass is 10.1. The Labute approximate surface area is 178 Å². The van der Waals surface area contributed by atoms with Crippen molar-refractivity contribution in [3.05, 3.63) is 59.2 Å². The zero-order valence-corrected chi connectivity index (χ0v) is 18.5. The quantitative estimate of drug-likeness (QED) is 0.516. The van der Waals surface area contributed by atoms with Gasteiger partial charge in [0.1, 0.15) is 0 Å². The van der Waals surface area contributed by atoms with Crippen molar-refractivity contribution in [1.29, 1.82) is 0 Å². The third kappa shape index (κ3) is 5.59. The van der Waals surface area contributed by atoms with Gasteiger partial charge in [-0.25, -0.2) is 13.8 Å². The third-order valence-corrected chi connectivity index (χ3v) is 6.76. The molecule has 1 aliphatic rings. The van der Waals surface area contributed by atoms with E-state index in [0.29, 0.717) is 11.4 Å². The van der Waals surface area contributed by atoms with Crippen molar-refractivity contribution in [2.75, 3.05) is 16.6 Å². The highest BCUT2D eigenvalue weighted by Crippen LogP contribution is 2.22. The molecule has 2 atom stereocenters. The lowest BCUT2D eigenvalue weighted by molar-refractivity contribution is -0.119. The number of hydrogen-bond donors (Lipinski definition) is 4. The van der Waals surface area contributed by atoms with Gasteiger partial charge >= 0.3 is 0 Å². The summed E-state index contributed by atoms with van der Waals surface area (Å²) in [6.07, 6.45) is 3.26. The third-order valence-electron chi connectivity index (χ3n) is 5.13. The first-order chi connectivity index (χ1) is 14.3. The highest BCUT2D eigenvalue weighted by molar-refractivity contribution is 7.93. The molecule has 1 heterocycles. The van der Waals surface area contributed by atoms with Crippen LogP contribution in [0.5, 0.6) is 0 Å². The van der Waals surface area contributed by atoms with Gasteiger partial charge in [0.2, 0.25) is 5.91 Å². The van der Waals surface area contributed by atoms with Crippen LogP contribution in [0, 0.1) is 19.8 Å². The second kappa shape index (κ2) is 9.59. The first-order valence-electron chi connectivity index (χ1n) is 10.3. The molecule has 0 aliphatic carbocycles. The van der Waals surface area contributed by atoms with E-state index in [1.165, 1.54) is 5.56 Å². The maximum atomic E-state index is 12.9. The van der Waals surface area contributed by atoms with Gasteiger partial charge < -0.3 is 5.32 Å². The largest absolute Gasteiger partial charge is 0.326 e. The van der Waals surface area contributed by atoms with E-state index in [4.69, 9.17) is 0 Å². The summed E-state index contributed by atoms with van der Waals surface area (Å²) in [6, 6.07) is 13.2. The normalized spacial score (nSPS) is 18.9. The van der Waals surface area contributed by atoms with E-state index in [1.54, 1.807) is 12.1 Å². The van der Waals surface area contributed by atoms with Gasteiger partial charge in [-0.3, -0.25) is 14.9 Å². The Morgan fingerprint density at radius 1 is 1.07 bits per heavy atom. The summed E-state index contributed by atoms with van der Waals surface area (Å²) >= 11 is 0. The van der Waals surface area contributed by atoms with E-state index >= 15 is 0 Å². The maximum Gasteiger partial charge on any atom is 0.250 e. The van der Waals surface area contributed by atoms with E-state index in [-0.39, 0.29) is 12.5 Å². The van der Waals surface area contributed by atoms with E-state index in [2.05, 4.69) is 27.8 Å². The van der Waals surface area contributed by atoms with Crippen LogP contribution in [-0.2, 0) is 21.2 Å². The molecule has 2 unspecified atom stereocenters. The van der Waals surface area contributed by atoms with Gasteiger partial charge in [0, 0.05) is 17.9 Å². The Bertz CT molecular complexity index is 970. The maximum absolute atomic E-state index is 12.9. The minimum atomic E-state index is -3.83. The standard InChI is InChI=1S/C22H30N4O3S/c1-4-5-6-17-7-9-18(10-8-17)24-21(27)20-14-23-25-22(20)30(28,29)26-19-12-15(2)11-16(3)13-19/h7-13,20,22-23,25-26H,4-6,14H2,1-3H3,(H,24,27). The molecule has 0 radical (unpaired) electrons. The number of carbonyl (C=O) groups is 1. The van der Waals surface area contributed by atoms with Crippen molar-refractivity contribution in [2.45, 2.75) is 45.4 Å². The number of anilines is 2. The van der Waals surface area contributed by atoms with Gasteiger partial charge in [0.25, 0.3) is 10.0 Å². The predicted octanol–water partition coefficient (Wildman–Crippen LogP) is 3.08. The molecule has 0 saturated carbocycles. The van der Waals surface area contributed by atoms with Gasteiger partial charge in [-0.05, 0) is 67.6 Å². The number of rotatable bonds is 8. The number of carbonyl (C=O) groups excluding carboxylic acids is 1. The molecule has 7 nitrogen and oxygen atoms in total. The van der Waals surface area contributed by atoms with Gasteiger partial charge in [0.15, 0.2) is 5.37 Å². The summed E-state index contributed by atoms with van der Waals surface area (Å²) in [5.74, 6) is -1.11. The number of hydrogen-bond acceptors (Lipinski definition) is 5. The van der Waals surface area contributed by atoms with Crippen molar-refractivity contribution < 1.29 is 13.2 Å². The van der Waals surface area contributed by atoms with Crippen molar-refractivity contribution in [3.8, 4) is 0 Å². The second-order valence-corrected chi connectivity index (χ2v) is 9.67. The van der Waals surface area contributed by atoms with Gasteiger partial charge in [-0.2, -0.15) is 0 Å². The fourth-order valence-corrected chi connectivity index (χ4v) is 5.10. The molecule has 30 heavy (non-hydrogen) atoms. The lowest BCUT2D eigenvalue weighted by Crippen LogP contribution is -2.45. The summed E-state index contributed by atoms with van der Waals surface area (Å²) < 4.78 is 28.5. The van der Waals surface area contributed by atoms with Crippen LogP contribution in [0.25, 0.3) is 0 Å². The Balaban J connectivity index is 1.68. The van der Waals surface area contributed by atoms with Crippen LogP contribution in [0.3, 0.4) is 0 Å². The zero-order valence-electron chi connectivity index (χ0n) is 17.7. The number of nitrogens with one attached hydrogen (secondary N) is 4. The molecular formula is C22H30N4O3S. The summed E-state index contributed by atoms with van der Waals surface area (Å²) in [5.41, 5.74) is 9.83. The number of benzene rings is 2. The average molecular weight is 431 g/mol. The molecule has 0 aromatic heterocycles. The number of hydrazine groups is 1. The van der Waals surface area contributed by atoms with Gasteiger partial charge in [-0.1, -0.05) is 31.5 Å². The fourth-order valence-electron chi connectivity index (χ4n) is 3.63. The molecule has 1 amide bonds. The van der Waals surface area contributed by atoms with Crippen LogP contribution in [0.2, 0.25) is 0 Å². The van der Waals surface area contributed by atoms with Crippen molar-refractivity contribution >= 4 is 27.3 Å². The zero-order chi connectivity index (χ0) is 21.7. The van der Waals surface area contributed by atoms with E-state index < -0.39 is 21.3 Å². The van der Waals surface area contributed by atoms with Crippen LogP contribution in [0.4, 0.5) is 11.4 Å². The molecule has 0 bridgehead atoms. The molecule has 3 rings (SSSR count). The van der Waals surface area contributed by atoms with E-state index in [9.17, 15) is 13.2 Å². The molecule has 1 saturated heterocycles. The molecule has 0 spiro atoms. The summed E-state index contributed by atoms with van der Waals surface area (Å²) in [7, 11) is -3.83. The van der Waals surface area contributed by atoms with Crippen molar-refractivity contribution in [2.24, 2.45) is 5.92 Å². The topological polar surface area (TPSA) is 99.3 Å². The van der Waals surface area contributed by atoms with Gasteiger partial charge in [-0.15, -0.1) is 0 Å². The van der Waals surface area contributed by atoms with E-state index in [1.807, 2.05) is 44.2 Å². The average Bonchev–Trinajstić information content (AvgIpc) is 3.17. The van der Waals surface area contributed by atoms with Crippen molar-refractivity contribution in [1.82, 2.24) is 10.9 Å². The Kier molecular flexibility index (Phi) is 7.12. The smallest absolute Gasteiger partial charge is 0.250 e. The molecule has 4 N–H and O–H groups in total. The Morgan fingerprint density at radius 3 is 2.37 bits per heavy atom. The van der Waals surface area contributed by atoms with Crippen LogP contribution in [-0.4, -0.2) is 26.2 Å². The number of aryl methyl sites for hydroxylation is 3. The molecule has 2 aromatic carbocycles. The highest BCUT2D eigenvalue weighted by Gasteiger charge is 2.42. The number of sulfonamides is 1. The lowest BCUT2D eigenvalue weighted by Gasteiger charge is -2.20. The van der Waals surface area contributed by atoms with Crippen LogP contribution < -0.4 is 20.9 Å². The molecule has 8 heteroatoms. The fraction of sp³-hybridized carbons (Fsp3) is 0.409. The first-order valence-corrected chi connectivity index (χ1v) is 11.8. The van der Waals surface area contributed by atoms with E-state index in [0.717, 1.165) is 30.4 Å². The Hall–Kier alpha value is -2.42. The predicted molar refractivity (Wildman–Crippen MR) is 121 cm³/mol. The van der Waals surface area contributed by atoms with Crippen LogP contribution in [0.1, 0.15) is 36.5 Å².